The Morgan fingerprint density at radius 2 is 2.38 bits per heavy atom. The summed E-state index contributed by atoms with van der Waals surface area (Å²) in [5.74, 6) is -0.0707. The molecule has 21 heavy (non-hydrogen) atoms. The van der Waals surface area contributed by atoms with Gasteiger partial charge in [-0.15, -0.1) is 0 Å². The summed E-state index contributed by atoms with van der Waals surface area (Å²) in [6.45, 7) is -0.389. The number of aromatic nitrogens is 4. The van der Waals surface area contributed by atoms with Crippen LogP contribution in [0, 0.1) is 7.11 Å². The quantitative estimate of drug-likeness (QED) is 0.514. The first-order valence-corrected chi connectivity index (χ1v) is 6.14. The monoisotopic (exact) mass is 296 g/mol. The van der Waals surface area contributed by atoms with Crippen LogP contribution in [-0.4, -0.2) is 54.7 Å². The first-order valence-electron chi connectivity index (χ1n) is 6.14. The lowest BCUT2D eigenvalue weighted by molar-refractivity contribution is -0.0534. The number of aromatic amines is 1. The fourth-order valence-corrected chi connectivity index (χ4v) is 2.40. The molecule has 3 rings (SSSR count). The topological polar surface area (TPSA) is 149 Å². The molecule has 10 heteroatoms. The van der Waals surface area contributed by atoms with Crippen molar-refractivity contribution < 1.29 is 19.7 Å². The van der Waals surface area contributed by atoms with Crippen LogP contribution in [0.2, 0.25) is 0 Å². The fraction of sp³-hybridized carbons (Fsp3) is 0.455. The Balaban J connectivity index is 2.10. The van der Waals surface area contributed by atoms with Gasteiger partial charge in [0.05, 0.1) is 20.0 Å². The number of ether oxygens (including phenoxy) is 2. The molecule has 10 nitrogen and oxygen atoms in total. The minimum Gasteiger partial charge on any atom is -0.394 e. The van der Waals surface area contributed by atoms with Crippen molar-refractivity contribution in [3.8, 4) is 0 Å². The molecule has 1 fully saturated rings. The van der Waals surface area contributed by atoms with Crippen LogP contribution in [0.25, 0.3) is 11.2 Å². The lowest BCUT2D eigenvalue weighted by atomic mass is 10.1. The second-order valence-corrected chi connectivity index (χ2v) is 4.64. The van der Waals surface area contributed by atoms with E-state index in [0.717, 1.165) is 0 Å². The number of fused-ring (bicyclic) bond motifs is 1. The molecule has 1 aliphatic rings. The van der Waals surface area contributed by atoms with Gasteiger partial charge in [0.25, 0.3) is 5.56 Å². The van der Waals surface area contributed by atoms with E-state index >= 15 is 0 Å². The fourth-order valence-electron chi connectivity index (χ4n) is 2.40. The van der Waals surface area contributed by atoms with Gasteiger partial charge in [0.15, 0.2) is 17.4 Å². The summed E-state index contributed by atoms with van der Waals surface area (Å²) in [5, 5.41) is 19.2. The van der Waals surface area contributed by atoms with E-state index in [2.05, 4.69) is 22.1 Å². The van der Waals surface area contributed by atoms with Crippen LogP contribution >= 0.6 is 0 Å². The third kappa shape index (κ3) is 2.08. The smallest absolute Gasteiger partial charge is 0.280 e. The first-order chi connectivity index (χ1) is 10.1. The average Bonchev–Trinajstić information content (AvgIpc) is 2.99. The third-order valence-electron chi connectivity index (χ3n) is 3.41. The van der Waals surface area contributed by atoms with Gasteiger partial charge in [-0.25, -0.2) is 4.98 Å². The molecule has 0 spiro atoms. The highest BCUT2D eigenvalue weighted by Gasteiger charge is 2.45. The summed E-state index contributed by atoms with van der Waals surface area (Å²) < 4.78 is 11.9. The first kappa shape index (κ1) is 13.9. The molecular formula is C11H14N5O5. The number of anilines is 1. The largest absolute Gasteiger partial charge is 0.394 e. The molecule has 5 N–H and O–H groups in total. The molecule has 113 valence electrons. The van der Waals surface area contributed by atoms with E-state index in [0.29, 0.717) is 0 Å². The minimum absolute atomic E-state index is 0.0707. The van der Waals surface area contributed by atoms with Crippen LogP contribution in [0.1, 0.15) is 6.23 Å². The lowest BCUT2D eigenvalue weighted by Gasteiger charge is -2.19. The van der Waals surface area contributed by atoms with Crippen molar-refractivity contribution in [3.05, 3.63) is 23.8 Å². The highest BCUT2D eigenvalue weighted by Crippen LogP contribution is 2.32. The van der Waals surface area contributed by atoms with E-state index in [9.17, 15) is 15.0 Å². The number of H-pyrrole nitrogens is 1. The molecular weight excluding hydrogens is 282 g/mol. The van der Waals surface area contributed by atoms with Gasteiger partial charge in [0, 0.05) is 0 Å². The Kier molecular flexibility index (Phi) is 3.37. The Morgan fingerprint density at radius 1 is 1.62 bits per heavy atom. The summed E-state index contributed by atoms with van der Waals surface area (Å²) >= 11 is 0. The number of aliphatic hydroxyl groups is 2. The Morgan fingerprint density at radius 3 is 3.05 bits per heavy atom. The maximum atomic E-state index is 11.7. The number of hydrogen-bond acceptors (Lipinski definition) is 8. The molecule has 0 bridgehead atoms. The Labute approximate surface area is 118 Å². The summed E-state index contributed by atoms with van der Waals surface area (Å²) in [7, 11) is 3.29. The normalized spacial score (nSPS) is 29.3. The lowest BCUT2D eigenvalue weighted by Crippen LogP contribution is -2.34. The zero-order valence-corrected chi connectivity index (χ0v) is 10.8. The highest BCUT2D eigenvalue weighted by atomic mass is 16.6. The standard InChI is InChI=1S/C11H14N5O5/c1-20-7-6(18)4(2-17)21-10(7)16-3-13-5-8(16)14-11(12)15-9(5)19/h3-4,6-7,10,17-18H,1-2H2,(H3,12,14,15,19)/t4-,6-,7?,10-/m1/s1. The Hall–Kier alpha value is -2.01. The predicted octanol–water partition coefficient (Wildman–Crippen LogP) is -1.87. The number of hydrogen-bond donors (Lipinski definition) is 4. The second kappa shape index (κ2) is 5.07. The highest BCUT2D eigenvalue weighted by molar-refractivity contribution is 5.70. The summed E-state index contributed by atoms with van der Waals surface area (Å²) in [5.41, 5.74) is 5.30. The van der Waals surface area contributed by atoms with Gasteiger partial charge in [0.2, 0.25) is 5.95 Å². The van der Waals surface area contributed by atoms with Gasteiger partial charge in [0.1, 0.15) is 18.3 Å². The van der Waals surface area contributed by atoms with Crippen LogP contribution in [0.5, 0.6) is 0 Å². The number of imidazole rings is 1. The van der Waals surface area contributed by atoms with Gasteiger partial charge in [-0.2, -0.15) is 4.98 Å². The van der Waals surface area contributed by atoms with Crippen molar-refractivity contribution in [1.29, 1.82) is 0 Å². The molecule has 0 saturated carbocycles. The number of rotatable bonds is 3. The molecule has 0 aromatic carbocycles. The molecule has 1 unspecified atom stereocenters. The Bertz CT molecular complexity index is 713. The number of aliphatic hydroxyl groups excluding tert-OH is 2. The van der Waals surface area contributed by atoms with E-state index in [1.165, 1.54) is 10.9 Å². The van der Waals surface area contributed by atoms with Gasteiger partial charge in [-0.1, -0.05) is 0 Å². The minimum atomic E-state index is -1.07. The van der Waals surface area contributed by atoms with Crippen LogP contribution in [0.15, 0.2) is 11.1 Å². The molecule has 1 aliphatic heterocycles. The summed E-state index contributed by atoms with van der Waals surface area (Å²) in [4.78, 5) is 22.0. The van der Waals surface area contributed by atoms with E-state index in [4.69, 9.17) is 15.2 Å². The molecule has 4 atom stereocenters. The molecule has 1 radical (unpaired) electrons. The van der Waals surface area contributed by atoms with Crippen molar-refractivity contribution in [2.45, 2.75) is 24.5 Å². The molecule has 0 aliphatic carbocycles. The van der Waals surface area contributed by atoms with Crippen molar-refractivity contribution in [2.24, 2.45) is 0 Å². The summed E-state index contributed by atoms with van der Waals surface area (Å²) in [6.07, 6.45) is -2.27. The van der Waals surface area contributed by atoms with Crippen LogP contribution in [0.4, 0.5) is 5.95 Å². The van der Waals surface area contributed by atoms with Crippen LogP contribution in [0.3, 0.4) is 0 Å². The van der Waals surface area contributed by atoms with Crippen molar-refractivity contribution >= 4 is 17.1 Å². The molecule has 0 amide bonds. The second-order valence-electron chi connectivity index (χ2n) is 4.64. The maximum Gasteiger partial charge on any atom is 0.280 e. The molecule has 1 saturated heterocycles. The number of nitrogen functional groups attached to an aromatic ring is 1. The van der Waals surface area contributed by atoms with Crippen molar-refractivity contribution in [2.75, 3.05) is 12.3 Å². The van der Waals surface area contributed by atoms with E-state index in [-0.39, 0.29) is 23.7 Å². The average molecular weight is 296 g/mol. The zero-order chi connectivity index (χ0) is 15.1. The molecule has 2 aromatic heterocycles. The third-order valence-corrected chi connectivity index (χ3v) is 3.41. The van der Waals surface area contributed by atoms with Gasteiger partial charge < -0.3 is 25.4 Å². The van der Waals surface area contributed by atoms with Crippen molar-refractivity contribution in [1.82, 2.24) is 19.5 Å². The van der Waals surface area contributed by atoms with Gasteiger partial charge in [-0.3, -0.25) is 14.3 Å². The molecule has 2 aromatic rings. The maximum absolute atomic E-state index is 11.7. The predicted molar refractivity (Wildman–Crippen MR) is 69.8 cm³/mol. The zero-order valence-electron chi connectivity index (χ0n) is 10.8. The number of nitrogens with one attached hydrogen (secondary N) is 1. The summed E-state index contributed by atoms with van der Waals surface area (Å²) in [6, 6.07) is 0. The number of nitrogens with two attached hydrogens (primary N) is 1. The van der Waals surface area contributed by atoms with E-state index in [1.54, 1.807) is 0 Å². The van der Waals surface area contributed by atoms with Gasteiger partial charge >= 0.3 is 0 Å². The SMILES string of the molecule is [CH2]OC1[C@H](n2cnc3c(=O)[nH]c(N)nc32)O[C@H](CO)[C@H]1O. The van der Waals surface area contributed by atoms with Crippen LogP contribution in [-0.2, 0) is 9.47 Å². The van der Waals surface area contributed by atoms with Crippen molar-refractivity contribution in [3.63, 3.8) is 0 Å². The number of nitrogens with zero attached hydrogens (tertiary/aromatic N) is 3. The van der Waals surface area contributed by atoms with E-state index < -0.39 is 30.1 Å². The van der Waals surface area contributed by atoms with Gasteiger partial charge in [-0.05, 0) is 0 Å². The molecule has 3 heterocycles. The van der Waals surface area contributed by atoms with E-state index in [1.807, 2.05) is 0 Å². The van der Waals surface area contributed by atoms with Crippen LogP contribution < -0.4 is 11.3 Å².